The van der Waals surface area contributed by atoms with E-state index >= 15 is 0 Å². The minimum absolute atomic E-state index is 0.134. The summed E-state index contributed by atoms with van der Waals surface area (Å²) >= 11 is 0. The van der Waals surface area contributed by atoms with Crippen molar-refractivity contribution < 1.29 is 9.53 Å². The molecule has 1 amide bonds. The lowest BCUT2D eigenvalue weighted by Gasteiger charge is -2.20. The summed E-state index contributed by atoms with van der Waals surface area (Å²) < 4.78 is 5.35. The van der Waals surface area contributed by atoms with Crippen LogP contribution >= 0.6 is 0 Å². The third-order valence-electron chi connectivity index (χ3n) is 2.67. The molecule has 4 heteroatoms. The SMILES string of the molecule is CCN(C(=O)COCCNC(C)C)C1CC1. The summed E-state index contributed by atoms with van der Waals surface area (Å²) in [7, 11) is 0. The fourth-order valence-electron chi connectivity index (χ4n) is 1.69. The second-order valence-electron chi connectivity index (χ2n) is 4.57. The molecule has 1 rings (SSSR count). The summed E-state index contributed by atoms with van der Waals surface area (Å²) in [5.41, 5.74) is 0. The van der Waals surface area contributed by atoms with Crippen LogP contribution in [0, 0.1) is 0 Å². The van der Waals surface area contributed by atoms with Crippen molar-refractivity contribution in [3.63, 3.8) is 0 Å². The Morgan fingerprint density at radius 1 is 1.50 bits per heavy atom. The number of ether oxygens (including phenoxy) is 1. The Morgan fingerprint density at radius 3 is 2.69 bits per heavy atom. The van der Waals surface area contributed by atoms with Gasteiger partial charge in [-0.25, -0.2) is 0 Å². The summed E-state index contributed by atoms with van der Waals surface area (Å²) in [5, 5.41) is 3.25. The van der Waals surface area contributed by atoms with Crippen LogP contribution in [0.25, 0.3) is 0 Å². The topological polar surface area (TPSA) is 41.6 Å². The van der Waals surface area contributed by atoms with Gasteiger partial charge in [-0.1, -0.05) is 13.8 Å². The van der Waals surface area contributed by atoms with Gasteiger partial charge in [0, 0.05) is 25.2 Å². The van der Waals surface area contributed by atoms with E-state index in [0.717, 1.165) is 25.9 Å². The van der Waals surface area contributed by atoms with Gasteiger partial charge in [0.1, 0.15) is 6.61 Å². The Bertz CT molecular complexity index is 215. The normalized spacial score (nSPS) is 15.5. The predicted octanol–water partition coefficient (Wildman–Crippen LogP) is 1.01. The van der Waals surface area contributed by atoms with Gasteiger partial charge in [0.2, 0.25) is 5.91 Å². The quantitative estimate of drug-likeness (QED) is 0.630. The summed E-state index contributed by atoms with van der Waals surface area (Å²) in [6.45, 7) is 8.65. The molecule has 1 aliphatic carbocycles. The lowest BCUT2D eigenvalue weighted by molar-refractivity contribution is -0.136. The molecule has 0 unspecified atom stereocenters. The first-order chi connectivity index (χ1) is 7.65. The molecule has 0 heterocycles. The van der Waals surface area contributed by atoms with Crippen LogP contribution in [-0.2, 0) is 9.53 Å². The fourth-order valence-corrected chi connectivity index (χ4v) is 1.69. The number of carbonyl (C=O) groups excluding carboxylic acids is 1. The van der Waals surface area contributed by atoms with Crippen LogP contribution in [0.5, 0.6) is 0 Å². The first-order valence-electron chi connectivity index (χ1n) is 6.25. The Morgan fingerprint density at radius 2 is 2.19 bits per heavy atom. The van der Waals surface area contributed by atoms with Crippen molar-refractivity contribution in [3.05, 3.63) is 0 Å². The molecule has 0 aromatic rings. The van der Waals surface area contributed by atoms with Crippen LogP contribution < -0.4 is 5.32 Å². The Balaban J connectivity index is 2.05. The molecule has 94 valence electrons. The lowest BCUT2D eigenvalue weighted by atomic mass is 10.4. The minimum atomic E-state index is 0.134. The van der Waals surface area contributed by atoms with Crippen molar-refractivity contribution in [3.8, 4) is 0 Å². The van der Waals surface area contributed by atoms with E-state index in [-0.39, 0.29) is 12.5 Å². The van der Waals surface area contributed by atoms with Crippen LogP contribution in [0.3, 0.4) is 0 Å². The minimum Gasteiger partial charge on any atom is -0.370 e. The van der Waals surface area contributed by atoms with Crippen molar-refractivity contribution in [2.45, 2.75) is 45.7 Å². The number of nitrogens with zero attached hydrogens (tertiary/aromatic N) is 1. The van der Waals surface area contributed by atoms with Crippen molar-refractivity contribution >= 4 is 5.91 Å². The average Bonchev–Trinajstić information content (AvgIpc) is 3.02. The molecule has 4 nitrogen and oxygen atoms in total. The standard InChI is InChI=1S/C12H24N2O2/c1-4-14(11-5-6-11)12(15)9-16-8-7-13-10(2)3/h10-11,13H,4-9H2,1-3H3. The molecule has 1 saturated carbocycles. The van der Waals surface area contributed by atoms with Gasteiger partial charge in [0.25, 0.3) is 0 Å². The molecule has 0 atom stereocenters. The van der Waals surface area contributed by atoms with Gasteiger partial charge in [-0.05, 0) is 19.8 Å². The molecule has 0 saturated heterocycles. The number of hydrogen-bond acceptors (Lipinski definition) is 3. The van der Waals surface area contributed by atoms with Gasteiger partial charge < -0.3 is 15.0 Å². The van der Waals surface area contributed by atoms with Crippen LogP contribution in [-0.4, -0.2) is 49.2 Å². The summed E-state index contributed by atoms with van der Waals surface area (Å²) in [6, 6.07) is 0.966. The maximum atomic E-state index is 11.7. The number of likely N-dealkylation sites (N-methyl/N-ethyl adjacent to an activating group) is 1. The zero-order valence-electron chi connectivity index (χ0n) is 10.7. The zero-order chi connectivity index (χ0) is 12.0. The van der Waals surface area contributed by atoms with E-state index in [1.807, 2.05) is 11.8 Å². The van der Waals surface area contributed by atoms with Gasteiger partial charge >= 0.3 is 0 Å². The largest absolute Gasteiger partial charge is 0.370 e. The molecule has 1 fully saturated rings. The molecule has 0 aromatic heterocycles. The predicted molar refractivity (Wildman–Crippen MR) is 64.4 cm³/mol. The summed E-state index contributed by atoms with van der Waals surface area (Å²) in [4.78, 5) is 13.7. The molecule has 0 aliphatic heterocycles. The highest BCUT2D eigenvalue weighted by molar-refractivity contribution is 5.78. The Hall–Kier alpha value is -0.610. The maximum Gasteiger partial charge on any atom is 0.248 e. The molecule has 0 aromatic carbocycles. The highest BCUT2D eigenvalue weighted by Crippen LogP contribution is 2.26. The monoisotopic (exact) mass is 228 g/mol. The van der Waals surface area contributed by atoms with Gasteiger partial charge in [-0.15, -0.1) is 0 Å². The second-order valence-corrected chi connectivity index (χ2v) is 4.57. The Kier molecular flexibility index (Phi) is 5.77. The molecule has 1 N–H and O–H groups in total. The van der Waals surface area contributed by atoms with Crippen molar-refractivity contribution in [1.29, 1.82) is 0 Å². The van der Waals surface area contributed by atoms with E-state index in [2.05, 4.69) is 19.2 Å². The maximum absolute atomic E-state index is 11.7. The van der Waals surface area contributed by atoms with Gasteiger partial charge in [-0.3, -0.25) is 4.79 Å². The molecule has 0 bridgehead atoms. The first kappa shape index (κ1) is 13.5. The number of rotatable bonds is 8. The number of hydrogen-bond donors (Lipinski definition) is 1. The van der Waals surface area contributed by atoms with Crippen molar-refractivity contribution in [2.24, 2.45) is 0 Å². The average molecular weight is 228 g/mol. The third-order valence-corrected chi connectivity index (χ3v) is 2.67. The highest BCUT2D eigenvalue weighted by atomic mass is 16.5. The number of carbonyl (C=O) groups is 1. The van der Waals surface area contributed by atoms with Crippen LogP contribution in [0.1, 0.15) is 33.6 Å². The second kappa shape index (κ2) is 6.86. The van der Waals surface area contributed by atoms with E-state index < -0.39 is 0 Å². The molecular formula is C12H24N2O2. The van der Waals surface area contributed by atoms with Crippen molar-refractivity contribution in [2.75, 3.05) is 26.3 Å². The van der Waals surface area contributed by atoms with E-state index in [1.54, 1.807) is 0 Å². The van der Waals surface area contributed by atoms with Crippen LogP contribution in [0.2, 0.25) is 0 Å². The Labute approximate surface area is 98.3 Å². The molecule has 0 spiro atoms. The van der Waals surface area contributed by atoms with E-state index in [0.29, 0.717) is 18.7 Å². The third kappa shape index (κ3) is 4.94. The molecule has 0 radical (unpaired) electrons. The smallest absolute Gasteiger partial charge is 0.248 e. The number of nitrogens with one attached hydrogen (secondary N) is 1. The van der Waals surface area contributed by atoms with E-state index in [1.165, 1.54) is 0 Å². The lowest BCUT2D eigenvalue weighted by Crippen LogP contribution is -2.36. The van der Waals surface area contributed by atoms with Gasteiger partial charge in [0.15, 0.2) is 0 Å². The first-order valence-corrected chi connectivity index (χ1v) is 6.25. The van der Waals surface area contributed by atoms with E-state index in [4.69, 9.17) is 4.74 Å². The van der Waals surface area contributed by atoms with Gasteiger partial charge in [0.05, 0.1) is 6.61 Å². The number of amides is 1. The highest BCUT2D eigenvalue weighted by Gasteiger charge is 2.30. The van der Waals surface area contributed by atoms with Crippen LogP contribution in [0.15, 0.2) is 0 Å². The molecular weight excluding hydrogens is 204 g/mol. The van der Waals surface area contributed by atoms with E-state index in [9.17, 15) is 4.79 Å². The van der Waals surface area contributed by atoms with Crippen LogP contribution in [0.4, 0.5) is 0 Å². The molecule has 16 heavy (non-hydrogen) atoms. The fraction of sp³-hybridized carbons (Fsp3) is 0.917. The zero-order valence-corrected chi connectivity index (χ0v) is 10.7. The summed E-state index contributed by atoms with van der Waals surface area (Å²) in [6.07, 6.45) is 2.32. The molecule has 1 aliphatic rings. The summed E-state index contributed by atoms with van der Waals surface area (Å²) in [5.74, 6) is 0.134. The van der Waals surface area contributed by atoms with Gasteiger partial charge in [-0.2, -0.15) is 0 Å². The van der Waals surface area contributed by atoms with Crippen molar-refractivity contribution in [1.82, 2.24) is 10.2 Å².